The van der Waals surface area contributed by atoms with Crippen molar-refractivity contribution < 1.29 is 0 Å². The maximum atomic E-state index is 3.48. The van der Waals surface area contributed by atoms with Crippen LogP contribution < -0.4 is 5.32 Å². The number of nitrogens with zero attached hydrogens (tertiary/aromatic N) is 1. The number of hydrogen-bond acceptors (Lipinski definition) is 2. The zero-order chi connectivity index (χ0) is 11.6. The molecule has 0 aromatic rings. The van der Waals surface area contributed by atoms with E-state index in [0.29, 0.717) is 0 Å². The average Bonchev–Trinajstić information content (AvgIpc) is 2.34. The van der Waals surface area contributed by atoms with E-state index in [1.54, 1.807) is 0 Å². The van der Waals surface area contributed by atoms with Gasteiger partial charge < -0.3 is 10.2 Å². The molecule has 2 nitrogen and oxygen atoms in total. The van der Waals surface area contributed by atoms with Gasteiger partial charge in [0.2, 0.25) is 0 Å². The molecule has 0 bridgehead atoms. The maximum Gasteiger partial charge on any atom is 0.00926 e. The van der Waals surface area contributed by atoms with Gasteiger partial charge in [-0.25, -0.2) is 0 Å². The molecule has 1 aliphatic heterocycles. The standard InChI is InChI=1S/C14H30N2/c1-3-10-15-11-6-8-13-16-12-7-5-9-14(16)4-2/h14-15H,3-13H2,1-2H3. The SMILES string of the molecule is CCCNCCCCN1CCCCC1CC. The molecule has 0 amide bonds. The van der Waals surface area contributed by atoms with Gasteiger partial charge in [-0.15, -0.1) is 0 Å². The van der Waals surface area contributed by atoms with Crippen LogP contribution in [0.25, 0.3) is 0 Å². The average molecular weight is 226 g/mol. The van der Waals surface area contributed by atoms with Gasteiger partial charge in [0.05, 0.1) is 0 Å². The van der Waals surface area contributed by atoms with E-state index >= 15 is 0 Å². The van der Waals surface area contributed by atoms with Gasteiger partial charge in [0.1, 0.15) is 0 Å². The molecule has 0 aromatic carbocycles. The van der Waals surface area contributed by atoms with Crippen molar-refractivity contribution in [3.05, 3.63) is 0 Å². The van der Waals surface area contributed by atoms with Crippen LogP contribution in [0.4, 0.5) is 0 Å². The van der Waals surface area contributed by atoms with Gasteiger partial charge in [0.25, 0.3) is 0 Å². The quantitative estimate of drug-likeness (QED) is 0.640. The van der Waals surface area contributed by atoms with Gasteiger partial charge in [-0.3, -0.25) is 0 Å². The molecule has 1 unspecified atom stereocenters. The van der Waals surface area contributed by atoms with Crippen LogP contribution in [0.2, 0.25) is 0 Å². The van der Waals surface area contributed by atoms with E-state index in [4.69, 9.17) is 0 Å². The van der Waals surface area contributed by atoms with Crippen LogP contribution in [0.1, 0.15) is 58.8 Å². The fourth-order valence-corrected chi connectivity index (χ4v) is 2.68. The fraction of sp³-hybridized carbons (Fsp3) is 1.00. The van der Waals surface area contributed by atoms with Gasteiger partial charge in [-0.2, -0.15) is 0 Å². The summed E-state index contributed by atoms with van der Waals surface area (Å²) in [4.78, 5) is 2.73. The molecule has 16 heavy (non-hydrogen) atoms. The van der Waals surface area contributed by atoms with Gasteiger partial charge in [0.15, 0.2) is 0 Å². The Kier molecular flexibility index (Phi) is 7.87. The van der Waals surface area contributed by atoms with Crippen molar-refractivity contribution >= 4 is 0 Å². The van der Waals surface area contributed by atoms with E-state index in [9.17, 15) is 0 Å². The van der Waals surface area contributed by atoms with Crippen LogP contribution in [0, 0.1) is 0 Å². The van der Waals surface area contributed by atoms with E-state index in [-0.39, 0.29) is 0 Å². The molecule has 1 heterocycles. The van der Waals surface area contributed by atoms with Crippen LogP contribution in [0.5, 0.6) is 0 Å². The molecule has 0 saturated carbocycles. The highest BCUT2D eigenvalue weighted by Crippen LogP contribution is 2.19. The lowest BCUT2D eigenvalue weighted by molar-refractivity contribution is 0.141. The molecular formula is C14H30N2. The highest BCUT2D eigenvalue weighted by molar-refractivity contribution is 4.75. The molecule has 1 N–H and O–H groups in total. The number of hydrogen-bond donors (Lipinski definition) is 1. The minimum Gasteiger partial charge on any atom is -0.317 e. The fourth-order valence-electron chi connectivity index (χ4n) is 2.68. The van der Waals surface area contributed by atoms with Crippen molar-refractivity contribution in [1.29, 1.82) is 0 Å². The Morgan fingerprint density at radius 1 is 1.12 bits per heavy atom. The highest BCUT2D eigenvalue weighted by atomic mass is 15.2. The molecule has 1 atom stereocenters. The Balaban J connectivity index is 2.02. The normalized spacial score (nSPS) is 22.5. The summed E-state index contributed by atoms with van der Waals surface area (Å²) >= 11 is 0. The van der Waals surface area contributed by atoms with E-state index in [1.165, 1.54) is 71.1 Å². The van der Waals surface area contributed by atoms with E-state index in [0.717, 1.165) is 6.04 Å². The van der Waals surface area contributed by atoms with E-state index in [1.807, 2.05) is 0 Å². The molecule has 0 radical (unpaired) electrons. The molecule has 0 aromatic heterocycles. The van der Waals surface area contributed by atoms with Crippen molar-refractivity contribution in [2.24, 2.45) is 0 Å². The number of piperidine rings is 1. The first-order valence-corrected chi connectivity index (χ1v) is 7.33. The Bertz CT molecular complexity index is 159. The van der Waals surface area contributed by atoms with E-state index < -0.39 is 0 Å². The van der Waals surface area contributed by atoms with Crippen molar-refractivity contribution in [2.75, 3.05) is 26.2 Å². The summed E-state index contributed by atoms with van der Waals surface area (Å²) in [7, 11) is 0. The van der Waals surface area contributed by atoms with E-state index in [2.05, 4.69) is 24.1 Å². The van der Waals surface area contributed by atoms with Crippen LogP contribution in [0.15, 0.2) is 0 Å². The Hall–Kier alpha value is -0.0800. The third-order valence-electron chi connectivity index (χ3n) is 3.70. The monoisotopic (exact) mass is 226 g/mol. The molecular weight excluding hydrogens is 196 g/mol. The summed E-state index contributed by atoms with van der Waals surface area (Å²) in [6, 6.07) is 0.886. The van der Waals surface area contributed by atoms with Crippen molar-refractivity contribution in [3.8, 4) is 0 Å². The lowest BCUT2D eigenvalue weighted by Crippen LogP contribution is -2.39. The summed E-state index contributed by atoms with van der Waals surface area (Å²) in [5, 5.41) is 3.48. The largest absolute Gasteiger partial charge is 0.317 e. The Labute approximate surface area is 102 Å². The zero-order valence-electron chi connectivity index (χ0n) is 11.3. The number of unbranched alkanes of at least 4 members (excludes halogenated alkanes) is 1. The first-order chi connectivity index (χ1) is 7.88. The number of nitrogens with one attached hydrogen (secondary N) is 1. The Morgan fingerprint density at radius 3 is 2.75 bits per heavy atom. The van der Waals surface area contributed by atoms with Crippen molar-refractivity contribution in [1.82, 2.24) is 10.2 Å². The van der Waals surface area contributed by atoms with Crippen molar-refractivity contribution in [2.45, 2.75) is 64.8 Å². The van der Waals surface area contributed by atoms with Crippen molar-refractivity contribution in [3.63, 3.8) is 0 Å². The number of rotatable bonds is 8. The molecule has 0 aliphatic carbocycles. The van der Waals surface area contributed by atoms with Crippen LogP contribution in [-0.2, 0) is 0 Å². The minimum atomic E-state index is 0.886. The van der Waals surface area contributed by atoms with Gasteiger partial charge in [0, 0.05) is 6.04 Å². The second-order valence-electron chi connectivity index (χ2n) is 5.05. The number of likely N-dealkylation sites (tertiary alicyclic amines) is 1. The predicted octanol–water partition coefficient (Wildman–Crippen LogP) is 3.03. The van der Waals surface area contributed by atoms with Gasteiger partial charge in [-0.05, 0) is 64.7 Å². The topological polar surface area (TPSA) is 15.3 Å². The second-order valence-corrected chi connectivity index (χ2v) is 5.05. The summed E-state index contributed by atoms with van der Waals surface area (Å²) in [6.07, 6.45) is 9.61. The molecule has 2 heteroatoms. The predicted molar refractivity (Wildman–Crippen MR) is 71.9 cm³/mol. The first kappa shape index (κ1) is 14.0. The van der Waals surface area contributed by atoms with Crippen LogP contribution in [0.3, 0.4) is 0 Å². The van der Waals surface area contributed by atoms with Gasteiger partial charge >= 0.3 is 0 Å². The molecule has 1 rings (SSSR count). The lowest BCUT2D eigenvalue weighted by Gasteiger charge is -2.35. The molecule has 1 fully saturated rings. The Morgan fingerprint density at radius 2 is 2.00 bits per heavy atom. The van der Waals surface area contributed by atoms with Gasteiger partial charge in [-0.1, -0.05) is 20.3 Å². The third-order valence-corrected chi connectivity index (χ3v) is 3.70. The first-order valence-electron chi connectivity index (χ1n) is 7.33. The van der Waals surface area contributed by atoms with Crippen LogP contribution >= 0.6 is 0 Å². The summed E-state index contributed by atoms with van der Waals surface area (Å²) in [5.41, 5.74) is 0. The third kappa shape index (κ3) is 5.31. The summed E-state index contributed by atoms with van der Waals surface area (Å²) < 4.78 is 0. The maximum absolute atomic E-state index is 3.48. The molecule has 1 saturated heterocycles. The second kappa shape index (κ2) is 9.00. The minimum absolute atomic E-state index is 0.886. The zero-order valence-corrected chi connectivity index (χ0v) is 11.3. The molecule has 0 spiro atoms. The highest BCUT2D eigenvalue weighted by Gasteiger charge is 2.19. The molecule has 1 aliphatic rings. The van der Waals surface area contributed by atoms with Crippen LogP contribution in [-0.4, -0.2) is 37.1 Å². The smallest absolute Gasteiger partial charge is 0.00926 e. The summed E-state index contributed by atoms with van der Waals surface area (Å²) in [6.45, 7) is 9.63. The molecule has 96 valence electrons. The lowest BCUT2D eigenvalue weighted by atomic mass is 10.00. The summed E-state index contributed by atoms with van der Waals surface area (Å²) in [5.74, 6) is 0.